The van der Waals surface area contributed by atoms with Crippen LogP contribution in [0, 0.1) is 11.8 Å². The van der Waals surface area contributed by atoms with Crippen molar-refractivity contribution in [1.82, 2.24) is 10.3 Å². The first kappa shape index (κ1) is 17.0. The Kier molecular flexibility index (Phi) is 3.71. The van der Waals surface area contributed by atoms with Crippen LogP contribution in [0.3, 0.4) is 0 Å². The number of hydrogen-bond donors (Lipinski definition) is 1. The van der Waals surface area contributed by atoms with Crippen molar-refractivity contribution in [3.63, 3.8) is 0 Å². The minimum absolute atomic E-state index is 0.0864. The van der Waals surface area contributed by atoms with Gasteiger partial charge in [-0.3, -0.25) is 4.79 Å². The number of nitrogens with zero attached hydrogens (tertiary/aromatic N) is 2. The van der Waals surface area contributed by atoms with Gasteiger partial charge in [-0.05, 0) is 37.1 Å². The Morgan fingerprint density at radius 2 is 2.14 bits per heavy atom. The van der Waals surface area contributed by atoms with Crippen molar-refractivity contribution < 1.29 is 13.9 Å². The number of nitrogens with one attached hydrogen (secondary N) is 1. The monoisotopic (exact) mass is 389 g/mol. The van der Waals surface area contributed by atoms with Crippen molar-refractivity contribution in [3.05, 3.63) is 60.5 Å². The van der Waals surface area contributed by atoms with Crippen LogP contribution in [-0.2, 0) is 4.74 Å². The Labute approximate surface area is 168 Å². The van der Waals surface area contributed by atoms with Crippen molar-refractivity contribution in [1.29, 1.82) is 0 Å². The summed E-state index contributed by atoms with van der Waals surface area (Å²) in [5.41, 5.74) is 0.651. The summed E-state index contributed by atoms with van der Waals surface area (Å²) in [4.78, 5) is 19.5. The molecule has 1 N–H and O–H groups in total. The van der Waals surface area contributed by atoms with Gasteiger partial charge in [0.25, 0.3) is 5.91 Å². The van der Waals surface area contributed by atoms with Crippen LogP contribution in [0.4, 0.5) is 5.82 Å². The number of hydrogen-bond acceptors (Lipinski definition) is 5. The second kappa shape index (κ2) is 6.32. The lowest BCUT2D eigenvalue weighted by atomic mass is 9.73. The van der Waals surface area contributed by atoms with E-state index in [1.54, 1.807) is 0 Å². The molecular formula is C23H23N3O3. The number of benzene rings is 1. The Balaban J connectivity index is 1.17. The highest BCUT2D eigenvalue weighted by molar-refractivity contribution is 5.96. The minimum atomic E-state index is -0.155. The zero-order chi connectivity index (χ0) is 19.4. The highest BCUT2D eigenvalue weighted by Gasteiger charge is 2.63. The third kappa shape index (κ3) is 2.66. The number of amides is 1. The lowest BCUT2D eigenvalue weighted by Gasteiger charge is -2.29. The van der Waals surface area contributed by atoms with Gasteiger partial charge in [-0.2, -0.15) is 0 Å². The summed E-state index contributed by atoms with van der Waals surface area (Å²) in [7, 11) is 0. The molecule has 4 atom stereocenters. The number of rotatable bonds is 4. The topological polar surface area (TPSA) is 67.6 Å². The van der Waals surface area contributed by atoms with Crippen molar-refractivity contribution in [2.24, 2.45) is 11.8 Å². The molecule has 3 aliphatic rings. The van der Waals surface area contributed by atoms with Crippen molar-refractivity contribution in [2.75, 3.05) is 24.5 Å². The third-order valence-corrected chi connectivity index (χ3v) is 6.90. The molecule has 0 radical (unpaired) electrons. The standard InChI is InChI=1S/C23H23N3O3/c27-22(20-11-15-5-1-2-6-18(15)28-20)25-12-16-17-13-26(21-7-3-4-10-24-21)14-23(17)9-8-19(16)29-23/h1-7,10-11,16-17,19H,8-9,12-14H2,(H,25,27)/t16-,17+,19+,23+/m0/s1. The SMILES string of the molecule is O=C(NC[C@H]1[C@H]2CN(c3ccccn3)C[C@]23CC[C@H]1O3)c1cc2ccccc2o1. The average molecular weight is 389 g/mol. The van der Waals surface area contributed by atoms with Crippen LogP contribution < -0.4 is 10.2 Å². The quantitative estimate of drug-likeness (QED) is 0.742. The van der Waals surface area contributed by atoms with Crippen molar-refractivity contribution in [2.45, 2.75) is 24.5 Å². The Hall–Kier alpha value is -2.86. The summed E-state index contributed by atoms with van der Waals surface area (Å²) in [6, 6.07) is 15.5. The summed E-state index contributed by atoms with van der Waals surface area (Å²) < 4.78 is 12.2. The molecule has 1 spiro atoms. The van der Waals surface area contributed by atoms with Crippen molar-refractivity contribution in [3.8, 4) is 0 Å². The second-order valence-electron chi connectivity index (χ2n) is 8.46. The highest BCUT2D eigenvalue weighted by atomic mass is 16.5. The van der Waals surface area contributed by atoms with E-state index in [0.717, 1.165) is 42.7 Å². The molecule has 3 aromatic rings. The molecule has 0 aliphatic carbocycles. The first-order chi connectivity index (χ1) is 14.2. The normalized spacial score (nSPS) is 30.1. The Morgan fingerprint density at radius 3 is 3.00 bits per heavy atom. The van der Waals surface area contributed by atoms with E-state index < -0.39 is 0 Å². The van der Waals surface area contributed by atoms with Gasteiger partial charge in [-0.25, -0.2) is 4.98 Å². The molecular weight excluding hydrogens is 366 g/mol. The zero-order valence-electron chi connectivity index (χ0n) is 16.1. The number of fused-ring (bicyclic) bond motifs is 2. The van der Waals surface area contributed by atoms with Gasteiger partial charge in [0.1, 0.15) is 11.4 Å². The van der Waals surface area contributed by atoms with Gasteiger partial charge in [0, 0.05) is 43.1 Å². The number of anilines is 1. The van der Waals surface area contributed by atoms with Gasteiger partial charge in [-0.15, -0.1) is 0 Å². The van der Waals surface area contributed by atoms with E-state index in [0.29, 0.717) is 24.1 Å². The molecule has 148 valence electrons. The van der Waals surface area contributed by atoms with E-state index in [2.05, 4.69) is 21.3 Å². The lowest BCUT2D eigenvalue weighted by molar-refractivity contribution is 0.0141. The van der Waals surface area contributed by atoms with Crippen LogP contribution in [0.15, 0.2) is 59.1 Å². The molecule has 6 heteroatoms. The summed E-state index contributed by atoms with van der Waals surface area (Å²) >= 11 is 0. The van der Waals surface area contributed by atoms with Crippen molar-refractivity contribution >= 4 is 22.7 Å². The predicted molar refractivity (Wildman–Crippen MR) is 109 cm³/mol. The highest BCUT2D eigenvalue weighted by Crippen LogP contribution is 2.55. The van der Waals surface area contributed by atoms with Gasteiger partial charge < -0.3 is 19.4 Å². The van der Waals surface area contributed by atoms with Gasteiger partial charge in [0.2, 0.25) is 0 Å². The summed E-state index contributed by atoms with van der Waals surface area (Å²) in [5, 5.41) is 4.05. The van der Waals surface area contributed by atoms with Crippen LogP contribution in [-0.4, -0.2) is 42.2 Å². The van der Waals surface area contributed by atoms with Gasteiger partial charge >= 0.3 is 0 Å². The third-order valence-electron chi connectivity index (χ3n) is 6.90. The summed E-state index contributed by atoms with van der Waals surface area (Å²) in [6.07, 6.45) is 4.24. The second-order valence-corrected chi connectivity index (χ2v) is 8.46. The smallest absolute Gasteiger partial charge is 0.287 e. The lowest BCUT2D eigenvalue weighted by Crippen LogP contribution is -2.41. The van der Waals surface area contributed by atoms with Gasteiger partial charge in [-0.1, -0.05) is 24.3 Å². The first-order valence-electron chi connectivity index (χ1n) is 10.3. The van der Waals surface area contributed by atoms with E-state index in [-0.39, 0.29) is 17.6 Å². The van der Waals surface area contributed by atoms with E-state index >= 15 is 0 Å². The maximum absolute atomic E-state index is 12.7. The number of aromatic nitrogens is 1. The van der Waals surface area contributed by atoms with E-state index in [9.17, 15) is 4.79 Å². The fraction of sp³-hybridized carbons (Fsp3) is 0.391. The molecule has 0 unspecified atom stereocenters. The molecule has 2 aromatic heterocycles. The molecule has 6 nitrogen and oxygen atoms in total. The fourth-order valence-corrected chi connectivity index (χ4v) is 5.57. The predicted octanol–water partition coefficient (Wildman–Crippen LogP) is 3.24. The maximum atomic E-state index is 12.7. The number of carbonyl (C=O) groups is 1. The molecule has 0 saturated carbocycles. The molecule has 29 heavy (non-hydrogen) atoms. The maximum Gasteiger partial charge on any atom is 0.287 e. The fourth-order valence-electron chi connectivity index (χ4n) is 5.57. The molecule has 1 amide bonds. The summed E-state index contributed by atoms with van der Waals surface area (Å²) in [6.45, 7) is 2.43. The average Bonchev–Trinajstić information content (AvgIpc) is 3.51. The molecule has 2 bridgehead atoms. The number of ether oxygens (including phenoxy) is 1. The number of pyridine rings is 1. The number of para-hydroxylation sites is 1. The minimum Gasteiger partial charge on any atom is -0.451 e. The van der Waals surface area contributed by atoms with E-state index in [1.807, 2.05) is 48.7 Å². The largest absolute Gasteiger partial charge is 0.451 e. The molecule has 1 aromatic carbocycles. The number of furan rings is 1. The number of carbonyl (C=O) groups excluding carboxylic acids is 1. The molecule has 6 rings (SSSR count). The Morgan fingerprint density at radius 1 is 1.24 bits per heavy atom. The first-order valence-corrected chi connectivity index (χ1v) is 10.3. The van der Waals surface area contributed by atoms with Crippen LogP contribution in [0.1, 0.15) is 23.4 Å². The zero-order valence-corrected chi connectivity index (χ0v) is 16.1. The van der Waals surface area contributed by atoms with Gasteiger partial charge in [0.05, 0.1) is 11.7 Å². The van der Waals surface area contributed by atoms with Crippen LogP contribution in [0.25, 0.3) is 11.0 Å². The van der Waals surface area contributed by atoms with E-state index in [1.165, 1.54) is 0 Å². The molecule has 3 fully saturated rings. The van der Waals surface area contributed by atoms with Gasteiger partial charge in [0.15, 0.2) is 5.76 Å². The van der Waals surface area contributed by atoms with Crippen LogP contribution in [0.2, 0.25) is 0 Å². The van der Waals surface area contributed by atoms with Crippen LogP contribution >= 0.6 is 0 Å². The van der Waals surface area contributed by atoms with Crippen LogP contribution in [0.5, 0.6) is 0 Å². The molecule has 3 saturated heterocycles. The summed E-state index contributed by atoms with van der Waals surface area (Å²) in [5.74, 6) is 1.96. The molecule has 3 aliphatic heterocycles. The van der Waals surface area contributed by atoms with E-state index in [4.69, 9.17) is 9.15 Å². The Bertz CT molecular complexity index is 1030. The molecule has 5 heterocycles.